The first kappa shape index (κ1) is 14.0. The second kappa shape index (κ2) is 5.73. The van der Waals surface area contributed by atoms with Gasteiger partial charge >= 0.3 is 6.36 Å². The van der Waals surface area contributed by atoms with Crippen molar-refractivity contribution in [2.75, 3.05) is 5.32 Å². The Labute approximate surface area is 113 Å². The average molecular weight is 283 g/mol. The van der Waals surface area contributed by atoms with Gasteiger partial charge < -0.3 is 15.2 Å². The minimum Gasteiger partial charge on any atom is -0.508 e. The molecule has 20 heavy (non-hydrogen) atoms. The molecule has 0 spiro atoms. The number of nitrogens with one attached hydrogen (secondary N) is 1. The number of phenols is 1. The quantitative estimate of drug-likeness (QED) is 0.894. The maximum absolute atomic E-state index is 12.0. The molecule has 2 rings (SSSR count). The average Bonchev–Trinajstić information content (AvgIpc) is 2.38. The molecular formula is C14H12F3NO2. The fourth-order valence-electron chi connectivity index (χ4n) is 1.59. The van der Waals surface area contributed by atoms with Crippen LogP contribution in [-0.4, -0.2) is 11.5 Å². The highest BCUT2D eigenvalue weighted by molar-refractivity contribution is 5.47. The molecule has 0 radical (unpaired) electrons. The summed E-state index contributed by atoms with van der Waals surface area (Å²) < 4.78 is 39.7. The topological polar surface area (TPSA) is 41.5 Å². The molecular weight excluding hydrogens is 271 g/mol. The van der Waals surface area contributed by atoms with Crippen molar-refractivity contribution < 1.29 is 23.0 Å². The van der Waals surface area contributed by atoms with E-state index in [1.54, 1.807) is 24.3 Å². The molecule has 2 aromatic rings. The monoisotopic (exact) mass is 283 g/mol. The summed E-state index contributed by atoms with van der Waals surface area (Å²) in [6, 6.07) is 12.1. The maximum atomic E-state index is 12.0. The van der Waals surface area contributed by atoms with E-state index in [1.165, 1.54) is 24.3 Å². The largest absolute Gasteiger partial charge is 0.573 e. The van der Waals surface area contributed by atoms with Gasteiger partial charge in [-0.1, -0.05) is 12.1 Å². The third-order valence-corrected chi connectivity index (χ3v) is 2.52. The van der Waals surface area contributed by atoms with E-state index in [-0.39, 0.29) is 11.5 Å². The fourth-order valence-corrected chi connectivity index (χ4v) is 1.59. The summed E-state index contributed by atoms with van der Waals surface area (Å²) in [6.07, 6.45) is -4.68. The number of ether oxygens (including phenoxy) is 1. The predicted octanol–water partition coefficient (Wildman–Crippen LogP) is 3.90. The molecule has 0 amide bonds. The summed E-state index contributed by atoms with van der Waals surface area (Å²) in [5.41, 5.74) is 1.62. The first-order chi connectivity index (χ1) is 9.42. The smallest absolute Gasteiger partial charge is 0.508 e. The van der Waals surface area contributed by atoms with Gasteiger partial charge in [0.25, 0.3) is 0 Å². The Kier molecular flexibility index (Phi) is 4.02. The van der Waals surface area contributed by atoms with Crippen LogP contribution in [0.4, 0.5) is 18.9 Å². The Balaban J connectivity index is 1.92. The first-order valence-corrected chi connectivity index (χ1v) is 5.80. The molecule has 3 nitrogen and oxygen atoms in total. The van der Waals surface area contributed by atoms with Crippen LogP contribution in [0.15, 0.2) is 48.5 Å². The van der Waals surface area contributed by atoms with Gasteiger partial charge in [0.15, 0.2) is 0 Å². The number of aromatic hydroxyl groups is 1. The molecule has 0 fully saturated rings. The lowest BCUT2D eigenvalue weighted by atomic mass is 10.2. The van der Waals surface area contributed by atoms with Crippen molar-refractivity contribution in [3.05, 3.63) is 54.1 Å². The van der Waals surface area contributed by atoms with Gasteiger partial charge in [-0.25, -0.2) is 0 Å². The normalized spacial score (nSPS) is 11.2. The van der Waals surface area contributed by atoms with Crippen LogP contribution in [0.25, 0.3) is 0 Å². The van der Waals surface area contributed by atoms with Gasteiger partial charge in [-0.2, -0.15) is 0 Å². The number of alkyl halides is 3. The van der Waals surface area contributed by atoms with Gasteiger partial charge in [-0.15, -0.1) is 13.2 Å². The molecule has 0 atom stereocenters. The molecule has 0 aliphatic carbocycles. The number of anilines is 1. The minimum atomic E-state index is -4.68. The van der Waals surface area contributed by atoms with E-state index < -0.39 is 6.36 Å². The molecule has 0 unspecified atom stereocenters. The lowest BCUT2D eigenvalue weighted by Gasteiger charge is -2.10. The predicted molar refractivity (Wildman–Crippen MR) is 68.6 cm³/mol. The third kappa shape index (κ3) is 4.38. The minimum absolute atomic E-state index is 0.183. The Morgan fingerprint density at radius 1 is 0.950 bits per heavy atom. The van der Waals surface area contributed by atoms with Crippen LogP contribution < -0.4 is 10.1 Å². The summed E-state index contributed by atoms with van der Waals surface area (Å²) in [6.45, 7) is 0.500. The number of rotatable bonds is 4. The van der Waals surface area contributed by atoms with Crippen molar-refractivity contribution in [2.24, 2.45) is 0 Å². The van der Waals surface area contributed by atoms with Crippen LogP contribution in [0.2, 0.25) is 0 Å². The molecule has 106 valence electrons. The van der Waals surface area contributed by atoms with Gasteiger partial charge in [0, 0.05) is 12.2 Å². The van der Waals surface area contributed by atoms with Crippen molar-refractivity contribution in [3.63, 3.8) is 0 Å². The van der Waals surface area contributed by atoms with Gasteiger partial charge in [-0.05, 0) is 42.0 Å². The van der Waals surface area contributed by atoms with Crippen molar-refractivity contribution in [3.8, 4) is 11.5 Å². The van der Waals surface area contributed by atoms with E-state index in [0.717, 1.165) is 5.56 Å². The Morgan fingerprint density at radius 2 is 1.55 bits per heavy atom. The molecule has 0 bridgehead atoms. The molecule has 0 aliphatic rings. The number of hydrogen-bond acceptors (Lipinski definition) is 3. The van der Waals surface area contributed by atoms with Crippen LogP contribution in [0.1, 0.15) is 5.56 Å². The lowest BCUT2D eigenvalue weighted by Crippen LogP contribution is -2.17. The zero-order chi connectivity index (χ0) is 14.6. The van der Waals surface area contributed by atoms with Gasteiger partial charge in [0.2, 0.25) is 0 Å². The highest BCUT2D eigenvalue weighted by Gasteiger charge is 2.30. The van der Waals surface area contributed by atoms with E-state index in [4.69, 9.17) is 5.11 Å². The molecule has 6 heteroatoms. The molecule has 2 aromatic carbocycles. The zero-order valence-corrected chi connectivity index (χ0v) is 10.3. The highest BCUT2D eigenvalue weighted by atomic mass is 19.4. The number of halogens is 3. The molecule has 2 N–H and O–H groups in total. The molecule has 0 saturated carbocycles. The summed E-state index contributed by atoms with van der Waals surface area (Å²) in [5, 5.41) is 12.2. The molecule has 0 heterocycles. The van der Waals surface area contributed by atoms with Crippen LogP contribution in [-0.2, 0) is 6.54 Å². The Bertz CT molecular complexity index is 550. The molecule has 0 aromatic heterocycles. The summed E-state index contributed by atoms with van der Waals surface area (Å²) >= 11 is 0. The van der Waals surface area contributed by atoms with E-state index in [0.29, 0.717) is 12.2 Å². The van der Waals surface area contributed by atoms with Crippen LogP contribution in [0.3, 0.4) is 0 Å². The Morgan fingerprint density at radius 3 is 2.10 bits per heavy atom. The van der Waals surface area contributed by atoms with E-state index in [2.05, 4.69) is 10.1 Å². The summed E-state index contributed by atoms with van der Waals surface area (Å²) in [7, 11) is 0. The van der Waals surface area contributed by atoms with E-state index in [1.807, 2.05) is 0 Å². The number of hydrogen-bond donors (Lipinski definition) is 2. The molecule has 0 aliphatic heterocycles. The standard InChI is InChI=1S/C14H12F3NO2/c15-14(16,17)20-13-7-3-11(4-8-13)18-9-10-1-5-12(19)6-2-10/h1-8,18-19H,9H2. The highest BCUT2D eigenvalue weighted by Crippen LogP contribution is 2.24. The van der Waals surface area contributed by atoms with Crippen LogP contribution in [0, 0.1) is 0 Å². The van der Waals surface area contributed by atoms with E-state index >= 15 is 0 Å². The zero-order valence-electron chi connectivity index (χ0n) is 10.3. The van der Waals surface area contributed by atoms with Crippen LogP contribution in [0.5, 0.6) is 11.5 Å². The second-order valence-corrected chi connectivity index (χ2v) is 4.09. The first-order valence-electron chi connectivity index (χ1n) is 5.80. The summed E-state index contributed by atoms with van der Waals surface area (Å²) in [4.78, 5) is 0. The molecule has 0 saturated heterocycles. The second-order valence-electron chi connectivity index (χ2n) is 4.09. The fraction of sp³-hybridized carbons (Fsp3) is 0.143. The van der Waals surface area contributed by atoms with Crippen molar-refractivity contribution in [2.45, 2.75) is 12.9 Å². The SMILES string of the molecule is Oc1ccc(CNc2ccc(OC(F)(F)F)cc2)cc1. The summed E-state index contributed by atoms with van der Waals surface area (Å²) in [5.74, 6) is -0.0740. The maximum Gasteiger partial charge on any atom is 0.573 e. The Hall–Kier alpha value is -2.37. The number of benzene rings is 2. The van der Waals surface area contributed by atoms with Gasteiger partial charge in [-0.3, -0.25) is 0 Å². The van der Waals surface area contributed by atoms with Gasteiger partial charge in [0.05, 0.1) is 0 Å². The van der Waals surface area contributed by atoms with Crippen molar-refractivity contribution in [1.82, 2.24) is 0 Å². The van der Waals surface area contributed by atoms with Crippen molar-refractivity contribution >= 4 is 5.69 Å². The third-order valence-electron chi connectivity index (χ3n) is 2.52. The van der Waals surface area contributed by atoms with E-state index in [9.17, 15) is 13.2 Å². The number of phenolic OH excluding ortho intramolecular Hbond substituents is 1. The van der Waals surface area contributed by atoms with Crippen LogP contribution >= 0.6 is 0 Å². The van der Waals surface area contributed by atoms with Gasteiger partial charge in [0.1, 0.15) is 11.5 Å². The van der Waals surface area contributed by atoms with Crippen molar-refractivity contribution in [1.29, 1.82) is 0 Å². The lowest BCUT2D eigenvalue weighted by molar-refractivity contribution is -0.274.